The van der Waals surface area contributed by atoms with Gasteiger partial charge in [0.2, 0.25) is 5.91 Å². The molecule has 0 bridgehead atoms. The van der Waals surface area contributed by atoms with E-state index < -0.39 is 11.9 Å². The molecule has 1 aromatic carbocycles. The standard InChI is InChI=1S/C15H14N6O2S/c16-15(23)20-12(22)6-7-24-14-11-8-19-21(13(11)17-9-18-14)10-4-2-1-3-5-10/h1-5,8-9H,6-7H2,(H3,16,20,22,23). The number of carbonyl (C=O) groups is 2. The highest BCUT2D eigenvalue weighted by molar-refractivity contribution is 7.99. The number of hydrogen-bond donors (Lipinski definition) is 2. The van der Waals surface area contributed by atoms with Crippen molar-refractivity contribution in [2.75, 3.05) is 5.75 Å². The van der Waals surface area contributed by atoms with Crippen molar-refractivity contribution in [3.05, 3.63) is 42.9 Å². The summed E-state index contributed by atoms with van der Waals surface area (Å²) >= 11 is 1.40. The number of rotatable bonds is 5. The van der Waals surface area contributed by atoms with Crippen LogP contribution in [0.5, 0.6) is 0 Å². The van der Waals surface area contributed by atoms with Gasteiger partial charge in [0.1, 0.15) is 11.4 Å². The normalized spacial score (nSPS) is 10.7. The Balaban J connectivity index is 1.77. The summed E-state index contributed by atoms with van der Waals surface area (Å²) in [6.45, 7) is 0. The summed E-state index contributed by atoms with van der Waals surface area (Å²) < 4.78 is 1.74. The van der Waals surface area contributed by atoms with Gasteiger partial charge >= 0.3 is 6.03 Å². The Morgan fingerprint density at radius 3 is 2.75 bits per heavy atom. The first-order valence-corrected chi connectivity index (χ1v) is 8.10. The zero-order valence-corrected chi connectivity index (χ0v) is 13.4. The lowest BCUT2D eigenvalue weighted by Crippen LogP contribution is -2.35. The summed E-state index contributed by atoms with van der Waals surface area (Å²) in [6.07, 6.45) is 3.33. The van der Waals surface area contributed by atoms with Crippen LogP contribution in [0.4, 0.5) is 4.79 Å². The van der Waals surface area contributed by atoms with Crippen LogP contribution >= 0.6 is 11.8 Å². The molecule has 0 unspecified atom stereocenters. The van der Waals surface area contributed by atoms with E-state index in [1.807, 2.05) is 35.6 Å². The summed E-state index contributed by atoms with van der Waals surface area (Å²) in [5.74, 6) is 0.0437. The quantitative estimate of drug-likeness (QED) is 0.536. The molecule has 3 amide bonds. The van der Waals surface area contributed by atoms with Crippen molar-refractivity contribution in [2.24, 2.45) is 5.73 Å². The molecule has 3 aromatic rings. The van der Waals surface area contributed by atoms with E-state index in [1.54, 1.807) is 10.9 Å². The van der Waals surface area contributed by atoms with Crippen LogP contribution in [0.2, 0.25) is 0 Å². The monoisotopic (exact) mass is 342 g/mol. The Hall–Kier alpha value is -2.94. The van der Waals surface area contributed by atoms with Crippen LogP contribution in [-0.2, 0) is 4.79 Å². The Morgan fingerprint density at radius 2 is 2.00 bits per heavy atom. The largest absolute Gasteiger partial charge is 0.351 e. The number of primary amides is 1. The molecule has 3 rings (SSSR count). The lowest BCUT2D eigenvalue weighted by molar-refractivity contribution is -0.119. The van der Waals surface area contributed by atoms with Gasteiger partial charge in [-0.2, -0.15) is 5.10 Å². The molecule has 0 spiro atoms. The number of thioether (sulfide) groups is 1. The number of hydrogen-bond acceptors (Lipinski definition) is 6. The van der Waals surface area contributed by atoms with Gasteiger partial charge in [0.15, 0.2) is 5.65 Å². The third-order valence-electron chi connectivity index (χ3n) is 3.16. The van der Waals surface area contributed by atoms with Crippen LogP contribution in [0.3, 0.4) is 0 Å². The predicted octanol–water partition coefficient (Wildman–Crippen LogP) is 1.49. The zero-order chi connectivity index (χ0) is 16.9. The first-order chi connectivity index (χ1) is 11.6. The Morgan fingerprint density at radius 1 is 1.21 bits per heavy atom. The van der Waals surface area contributed by atoms with E-state index in [0.29, 0.717) is 11.4 Å². The van der Waals surface area contributed by atoms with E-state index in [2.05, 4.69) is 15.1 Å². The van der Waals surface area contributed by atoms with Crippen LogP contribution in [0.1, 0.15) is 6.42 Å². The van der Waals surface area contributed by atoms with Gasteiger partial charge in [0.05, 0.1) is 17.3 Å². The molecule has 0 aliphatic rings. The average molecular weight is 342 g/mol. The van der Waals surface area contributed by atoms with E-state index in [9.17, 15) is 9.59 Å². The SMILES string of the molecule is NC(=O)NC(=O)CCSc1ncnc2c1cnn2-c1ccccc1. The van der Waals surface area contributed by atoms with Crippen molar-refractivity contribution < 1.29 is 9.59 Å². The summed E-state index contributed by atoms with van der Waals surface area (Å²) in [7, 11) is 0. The fraction of sp³-hybridized carbons (Fsp3) is 0.133. The number of benzene rings is 1. The van der Waals surface area contributed by atoms with E-state index in [-0.39, 0.29) is 6.42 Å². The van der Waals surface area contributed by atoms with Crippen molar-refractivity contribution in [1.82, 2.24) is 25.1 Å². The summed E-state index contributed by atoms with van der Waals surface area (Å²) in [4.78, 5) is 30.6. The lowest BCUT2D eigenvalue weighted by atomic mass is 10.3. The second kappa shape index (κ2) is 7.09. The van der Waals surface area contributed by atoms with Gasteiger partial charge in [0.25, 0.3) is 0 Å². The molecule has 0 aliphatic heterocycles. The van der Waals surface area contributed by atoms with Crippen molar-refractivity contribution in [3.63, 3.8) is 0 Å². The molecule has 0 aliphatic carbocycles. The highest BCUT2D eigenvalue weighted by atomic mass is 32.2. The van der Waals surface area contributed by atoms with Crippen molar-refractivity contribution >= 4 is 34.7 Å². The van der Waals surface area contributed by atoms with Gasteiger partial charge in [-0.3, -0.25) is 10.1 Å². The Kier molecular flexibility index (Phi) is 4.71. The smallest absolute Gasteiger partial charge is 0.318 e. The minimum atomic E-state index is -0.849. The lowest BCUT2D eigenvalue weighted by Gasteiger charge is -2.04. The van der Waals surface area contributed by atoms with Gasteiger partial charge in [-0.1, -0.05) is 18.2 Å². The summed E-state index contributed by atoms with van der Waals surface area (Å²) in [5, 5.41) is 7.94. The van der Waals surface area contributed by atoms with Crippen molar-refractivity contribution in [1.29, 1.82) is 0 Å². The molecular weight excluding hydrogens is 328 g/mol. The van der Waals surface area contributed by atoms with Crippen LogP contribution in [0.25, 0.3) is 16.7 Å². The van der Waals surface area contributed by atoms with E-state index in [1.165, 1.54) is 18.1 Å². The van der Waals surface area contributed by atoms with Gasteiger partial charge in [-0.05, 0) is 12.1 Å². The minimum absolute atomic E-state index is 0.159. The van der Waals surface area contributed by atoms with Crippen LogP contribution in [-0.4, -0.2) is 37.4 Å². The number of para-hydroxylation sites is 1. The van der Waals surface area contributed by atoms with E-state index in [0.717, 1.165) is 16.1 Å². The Bertz CT molecular complexity index is 880. The third-order valence-corrected chi connectivity index (χ3v) is 4.17. The number of nitrogens with zero attached hydrogens (tertiary/aromatic N) is 4. The number of imide groups is 1. The molecule has 122 valence electrons. The van der Waals surface area contributed by atoms with E-state index >= 15 is 0 Å². The fourth-order valence-electron chi connectivity index (χ4n) is 2.14. The zero-order valence-electron chi connectivity index (χ0n) is 12.5. The number of amides is 3. The first kappa shape index (κ1) is 15.9. The molecule has 0 saturated heterocycles. The molecule has 0 fully saturated rings. The van der Waals surface area contributed by atoms with Crippen molar-refractivity contribution in [3.8, 4) is 5.69 Å². The van der Waals surface area contributed by atoms with Gasteiger partial charge in [0, 0.05) is 12.2 Å². The number of fused-ring (bicyclic) bond motifs is 1. The molecule has 3 N–H and O–H groups in total. The minimum Gasteiger partial charge on any atom is -0.351 e. The van der Waals surface area contributed by atoms with Gasteiger partial charge < -0.3 is 5.73 Å². The molecule has 24 heavy (non-hydrogen) atoms. The average Bonchev–Trinajstić information content (AvgIpc) is 3.00. The molecule has 8 nitrogen and oxygen atoms in total. The van der Waals surface area contributed by atoms with Crippen LogP contribution in [0, 0.1) is 0 Å². The van der Waals surface area contributed by atoms with Gasteiger partial charge in [-0.25, -0.2) is 19.4 Å². The van der Waals surface area contributed by atoms with Crippen molar-refractivity contribution in [2.45, 2.75) is 11.4 Å². The second-order valence-corrected chi connectivity index (χ2v) is 5.90. The number of carbonyl (C=O) groups excluding carboxylic acids is 2. The maximum Gasteiger partial charge on any atom is 0.318 e. The second-order valence-electron chi connectivity index (χ2n) is 4.82. The molecule has 2 aromatic heterocycles. The predicted molar refractivity (Wildman–Crippen MR) is 89.7 cm³/mol. The molecule has 0 radical (unpaired) electrons. The van der Waals surface area contributed by atoms with Crippen LogP contribution in [0.15, 0.2) is 47.9 Å². The molecule has 2 heterocycles. The number of urea groups is 1. The molecule has 0 atom stereocenters. The van der Waals surface area contributed by atoms with E-state index in [4.69, 9.17) is 5.73 Å². The third kappa shape index (κ3) is 3.51. The number of nitrogens with one attached hydrogen (secondary N) is 1. The Labute approximate surface area is 141 Å². The topological polar surface area (TPSA) is 116 Å². The molecule has 0 saturated carbocycles. The first-order valence-electron chi connectivity index (χ1n) is 7.11. The number of aromatic nitrogens is 4. The molecular formula is C15H14N6O2S. The van der Waals surface area contributed by atoms with Crippen LogP contribution < -0.4 is 11.1 Å². The summed E-state index contributed by atoms with van der Waals surface area (Å²) in [6, 6.07) is 8.82. The maximum atomic E-state index is 11.4. The highest BCUT2D eigenvalue weighted by Crippen LogP contribution is 2.26. The highest BCUT2D eigenvalue weighted by Gasteiger charge is 2.12. The molecule has 9 heteroatoms. The maximum absolute atomic E-state index is 11.4. The number of nitrogens with two attached hydrogens (primary N) is 1. The fourth-order valence-corrected chi connectivity index (χ4v) is 3.04. The van der Waals surface area contributed by atoms with Gasteiger partial charge in [-0.15, -0.1) is 11.8 Å². The summed E-state index contributed by atoms with van der Waals surface area (Å²) in [5.41, 5.74) is 6.50.